The van der Waals surface area contributed by atoms with E-state index in [9.17, 15) is 18.0 Å². The van der Waals surface area contributed by atoms with Crippen LogP contribution in [0.3, 0.4) is 0 Å². The molecule has 0 aliphatic carbocycles. The molecular formula is C10H8F3NO2. The van der Waals surface area contributed by atoms with Gasteiger partial charge in [0, 0.05) is 18.7 Å². The Labute approximate surface area is 88.1 Å². The molecule has 0 unspecified atom stereocenters. The van der Waals surface area contributed by atoms with Crippen LogP contribution in [0.2, 0.25) is 0 Å². The summed E-state index contributed by atoms with van der Waals surface area (Å²) in [6.45, 7) is 1.15. The molecule has 0 fully saturated rings. The van der Waals surface area contributed by atoms with Gasteiger partial charge in [-0.2, -0.15) is 13.2 Å². The number of fused-ring (bicyclic) bond motifs is 1. The van der Waals surface area contributed by atoms with E-state index in [1.807, 2.05) is 0 Å². The minimum atomic E-state index is -4.59. The van der Waals surface area contributed by atoms with Gasteiger partial charge < -0.3 is 8.98 Å². The predicted octanol–water partition coefficient (Wildman–Crippen LogP) is 2.46. The van der Waals surface area contributed by atoms with E-state index in [1.54, 1.807) is 0 Å². The molecule has 6 heteroatoms. The monoisotopic (exact) mass is 231 g/mol. The van der Waals surface area contributed by atoms with Gasteiger partial charge in [0.05, 0.1) is 11.8 Å². The third-order valence-corrected chi connectivity index (χ3v) is 2.52. The van der Waals surface area contributed by atoms with Gasteiger partial charge in [0.25, 0.3) is 5.56 Å². The molecule has 2 aromatic rings. The molecule has 0 radical (unpaired) electrons. The minimum Gasteiger partial charge on any atom is -0.462 e. The quantitative estimate of drug-likeness (QED) is 0.698. The third kappa shape index (κ3) is 1.33. The first kappa shape index (κ1) is 10.8. The Morgan fingerprint density at radius 3 is 2.56 bits per heavy atom. The summed E-state index contributed by atoms with van der Waals surface area (Å²) in [7, 11) is 1.41. The average Bonchev–Trinajstić information content (AvgIpc) is 2.61. The van der Waals surface area contributed by atoms with Crippen LogP contribution in [0, 0.1) is 6.92 Å². The second kappa shape index (κ2) is 3.13. The van der Waals surface area contributed by atoms with E-state index in [2.05, 4.69) is 0 Å². The lowest BCUT2D eigenvalue weighted by Gasteiger charge is -2.11. The van der Waals surface area contributed by atoms with E-state index in [4.69, 9.17) is 4.42 Å². The number of nitrogens with zero attached hydrogens (tertiary/aromatic N) is 1. The van der Waals surface area contributed by atoms with Crippen LogP contribution in [0.4, 0.5) is 13.2 Å². The van der Waals surface area contributed by atoms with Crippen molar-refractivity contribution in [1.82, 2.24) is 4.57 Å². The van der Waals surface area contributed by atoms with Crippen molar-refractivity contribution >= 4 is 11.1 Å². The summed E-state index contributed by atoms with van der Waals surface area (Å²) in [5.41, 5.74) is -2.16. The maximum atomic E-state index is 12.8. The van der Waals surface area contributed by atoms with Gasteiger partial charge in [-0.3, -0.25) is 4.79 Å². The summed E-state index contributed by atoms with van der Waals surface area (Å²) in [6, 6.07) is 1.34. The normalized spacial score (nSPS) is 12.3. The number of aromatic nitrogens is 1. The van der Waals surface area contributed by atoms with Crippen LogP contribution in [0.25, 0.3) is 11.1 Å². The number of hydrogen-bond acceptors (Lipinski definition) is 2. The molecule has 0 aliphatic heterocycles. The van der Waals surface area contributed by atoms with Gasteiger partial charge in [0.2, 0.25) is 0 Å². The maximum Gasteiger partial charge on any atom is 0.420 e. The topological polar surface area (TPSA) is 35.1 Å². The molecule has 2 heterocycles. The molecule has 3 nitrogen and oxygen atoms in total. The van der Waals surface area contributed by atoms with Crippen molar-refractivity contribution in [3.8, 4) is 0 Å². The largest absolute Gasteiger partial charge is 0.462 e. The van der Waals surface area contributed by atoms with E-state index < -0.39 is 17.3 Å². The number of halogens is 3. The fourth-order valence-corrected chi connectivity index (χ4v) is 1.73. The smallest absolute Gasteiger partial charge is 0.420 e. The third-order valence-electron chi connectivity index (χ3n) is 2.52. The van der Waals surface area contributed by atoms with E-state index in [1.165, 1.54) is 13.1 Å². The number of aryl methyl sites for hydroxylation is 1. The number of furan rings is 1. The Morgan fingerprint density at radius 1 is 1.38 bits per heavy atom. The van der Waals surface area contributed by atoms with Gasteiger partial charge in [0.15, 0.2) is 5.58 Å². The van der Waals surface area contributed by atoms with E-state index in [-0.39, 0.29) is 16.7 Å². The molecule has 0 aliphatic rings. The van der Waals surface area contributed by atoms with Crippen LogP contribution in [-0.4, -0.2) is 4.57 Å². The predicted molar refractivity (Wildman–Crippen MR) is 51.2 cm³/mol. The Bertz CT molecular complexity index is 607. The highest BCUT2D eigenvalue weighted by Gasteiger charge is 2.37. The average molecular weight is 231 g/mol. The van der Waals surface area contributed by atoms with Crippen molar-refractivity contribution < 1.29 is 17.6 Å². The molecule has 0 saturated carbocycles. The van der Waals surface area contributed by atoms with Gasteiger partial charge in [0.1, 0.15) is 5.56 Å². The molecular weight excluding hydrogens is 223 g/mol. The Balaban J connectivity index is 3.03. The number of rotatable bonds is 0. The molecule has 0 atom stereocenters. The molecule has 0 aromatic carbocycles. The summed E-state index contributed by atoms with van der Waals surface area (Å²) in [5.74, 6) is 0. The molecule has 0 spiro atoms. The minimum absolute atomic E-state index is 0.142. The summed E-state index contributed by atoms with van der Waals surface area (Å²) in [6.07, 6.45) is -3.45. The van der Waals surface area contributed by atoms with Crippen molar-refractivity contribution in [2.75, 3.05) is 0 Å². The SMILES string of the molecule is Cc1c(C(F)(F)F)c2occc2n(C)c1=O. The van der Waals surface area contributed by atoms with Crippen LogP contribution >= 0.6 is 0 Å². The molecule has 0 N–H and O–H groups in total. The van der Waals surface area contributed by atoms with Crippen LogP contribution < -0.4 is 5.56 Å². The molecule has 2 rings (SSSR count). The van der Waals surface area contributed by atoms with Gasteiger partial charge >= 0.3 is 6.18 Å². The molecule has 0 amide bonds. The molecule has 0 bridgehead atoms. The number of hydrogen-bond donors (Lipinski definition) is 0. The second-order valence-corrected chi connectivity index (χ2v) is 3.50. The highest BCUT2D eigenvalue weighted by atomic mass is 19.4. The fraction of sp³-hybridized carbons (Fsp3) is 0.300. The summed E-state index contributed by atoms with van der Waals surface area (Å²) in [5, 5.41) is 0. The van der Waals surface area contributed by atoms with Gasteiger partial charge in [-0.15, -0.1) is 0 Å². The lowest BCUT2D eigenvalue weighted by atomic mass is 10.1. The van der Waals surface area contributed by atoms with Crippen molar-refractivity contribution in [3.63, 3.8) is 0 Å². The lowest BCUT2D eigenvalue weighted by Crippen LogP contribution is -2.24. The van der Waals surface area contributed by atoms with Gasteiger partial charge in [-0.1, -0.05) is 0 Å². The standard InChI is InChI=1S/C10H8F3NO2/c1-5-7(10(11,12)13)8-6(3-4-16-8)14(2)9(5)15/h3-4H,1-2H3. The summed E-state index contributed by atoms with van der Waals surface area (Å²) < 4.78 is 44.2. The van der Waals surface area contributed by atoms with Crippen molar-refractivity contribution in [2.45, 2.75) is 13.1 Å². The first-order valence-electron chi connectivity index (χ1n) is 4.48. The molecule has 0 saturated heterocycles. The Kier molecular flexibility index (Phi) is 2.11. The molecule has 2 aromatic heterocycles. The number of alkyl halides is 3. The number of pyridine rings is 1. The highest BCUT2D eigenvalue weighted by molar-refractivity contribution is 5.78. The lowest BCUT2D eigenvalue weighted by molar-refractivity contribution is -0.137. The van der Waals surface area contributed by atoms with Crippen molar-refractivity contribution in [2.24, 2.45) is 7.05 Å². The highest BCUT2D eigenvalue weighted by Crippen LogP contribution is 2.35. The van der Waals surface area contributed by atoms with Gasteiger partial charge in [-0.25, -0.2) is 0 Å². The Hall–Kier alpha value is -1.72. The fourth-order valence-electron chi connectivity index (χ4n) is 1.73. The van der Waals surface area contributed by atoms with Gasteiger partial charge in [-0.05, 0) is 6.92 Å². The van der Waals surface area contributed by atoms with E-state index >= 15 is 0 Å². The maximum absolute atomic E-state index is 12.8. The summed E-state index contributed by atoms with van der Waals surface area (Å²) in [4.78, 5) is 11.6. The molecule has 16 heavy (non-hydrogen) atoms. The van der Waals surface area contributed by atoms with E-state index in [0.717, 1.165) is 17.8 Å². The zero-order chi connectivity index (χ0) is 12.1. The van der Waals surface area contributed by atoms with Crippen molar-refractivity contribution in [3.05, 3.63) is 33.8 Å². The van der Waals surface area contributed by atoms with Crippen molar-refractivity contribution in [1.29, 1.82) is 0 Å². The van der Waals surface area contributed by atoms with Crippen LogP contribution in [-0.2, 0) is 13.2 Å². The van der Waals surface area contributed by atoms with E-state index in [0.29, 0.717) is 0 Å². The summed E-state index contributed by atoms with van der Waals surface area (Å²) >= 11 is 0. The zero-order valence-electron chi connectivity index (χ0n) is 8.55. The first-order valence-corrected chi connectivity index (χ1v) is 4.48. The Morgan fingerprint density at radius 2 is 2.00 bits per heavy atom. The second-order valence-electron chi connectivity index (χ2n) is 3.50. The van der Waals surface area contributed by atoms with Crippen LogP contribution in [0.1, 0.15) is 11.1 Å². The zero-order valence-corrected chi connectivity index (χ0v) is 8.55. The van der Waals surface area contributed by atoms with Crippen LogP contribution in [0.5, 0.6) is 0 Å². The molecule has 86 valence electrons. The van der Waals surface area contributed by atoms with Crippen LogP contribution in [0.15, 0.2) is 21.5 Å². The first-order chi connectivity index (χ1) is 7.34.